The summed E-state index contributed by atoms with van der Waals surface area (Å²) < 4.78 is 33.0. The molecule has 128 valence electrons. The summed E-state index contributed by atoms with van der Waals surface area (Å²) >= 11 is 0. The van der Waals surface area contributed by atoms with Gasteiger partial charge >= 0.3 is 0 Å². The number of rotatable bonds is 5. The van der Waals surface area contributed by atoms with Crippen LogP contribution in [0.4, 0.5) is 0 Å². The van der Waals surface area contributed by atoms with Gasteiger partial charge in [0.2, 0.25) is 15.9 Å². The first-order valence-electron chi connectivity index (χ1n) is 8.11. The topological polar surface area (TPSA) is 72.4 Å². The van der Waals surface area contributed by atoms with Gasteiger partial charge < -0.3 is 4.74 Å². The van der Waals surface area contributed by atoms with Crippen LogP contribution >= 0.6 is 0 Å². The second-order valence-electron chi connectivity index (χ2n) is 5.79. The van der Waals surface area contributed by atoms with Gasteiger partial charge in [0.05, 0.1) is 11.4 Å². The lowest BCUT2D eigenvalue weighted by molar-refractivity contribution is 0.124. The zero-order valence-corrected chi connectivity index (χ0v) is 14.4. The molecule has 0 amide bonds. The van der Waals surface area contributed by atoms with Gasteiger partial charge in [0, 0.05) is 18.8 Å². The lowest BCUT2D eigenvalue weighted by Gasteiger charge is -2.31. The quantitative estimate of drug-likeness (QED) is 0.830. The highest BCUT2D eigenvalue weighted by atomic mass is 32.2. The van der Waals surface area contributed by atoms with E-state index in [1.165, 1.54) is 10.6 Å². The molecule has 0 saturated carbocycles. The molecule has 1 aliphatic rings. The van der Waals surface area contributed by atoms with Crippen LogP contribution in [-0.2, 0) is 16.4 Å². The Morgan fingerprint density at radius 1 is 1.25 bits per heavy atom. The molecule has 0 N–H and O–H groups in total. The minimum absolute atomic E-state index is 0.196. The Balaban J connectivity index is 1.73. The number of nitrogens with zero attached hydrogens (tertiary/aromatic N) is 3. The first-order chi connectivity index (χ1) is 11.6. The van der Waals surface area contributed by atoms with Gasteiger partial charge in [-0.15, -0.1) is 0 Å². The third kappa shape index (κ3) is 3.73. The number of piperidine rings is 1. The van der Waals surface area contributed by atoms with Crippen molar-refractivity contribution in [1.29, 1.82) is 0 Å². The monoisotopic (exact) mass is 347 g/mol. The molecule has 1 aliphatic heterocycles. The molecule has 1 fully saturated rings. The number of hydrogen-bond acceptors (Lipinski definition) is 5. The molecule has 2 aromatic rings. The van der Waals surface area contributed by atoms with E-state index in [9.17, 15) is 8.42 Å². The van der Waals surface area contributed by atoms with Crippen molar-refractivity contribution >= 4 is 10.0 Å². The summed E-state index contributed by atoms with van der Waals surface area (Å²) in [5, 5.41) is 0. The molecule has 3 rings (SSSR count). The Labute approximate surface area is 142 Å². The highest BCUT2D eigenvalue weighted by molar-refractivity contribution is 7.89. The third-order valence-corrected chi connectivity index (χ3v) is 6.03. The molecule has 6 nitrogen and oxygen atoms in total. The van der Waals surface area contributed by atoms with Crippen molar-refractivity contribution in [3.63, 3.8) is 0 Å². The molecule has 0 bridgehead atoms. The fraction of sp³-hybridized carbons (Fsp3) is 0.412. The lowest BCUT2D eigenvalue weighted by atomic mass is 10.1. The number of ether oxygens (including phenoxy) is 1. The van der Waals surface area contributed by atoms with Crippen molar-refractivity contribution in [3.8, 4) is 5.88 Å². The van der Waals surface area contributed by atoms with Gasteiger partial charge in [-0.25, -0.2) is 18.4 Å². The van der Waals surface area contributed by atoms with Gasteiger partial charge in [-0.1, -0.05) is 19.1 Å². The molecule has 0 radical (unpaired) electrons. The van der Waals surface area contributed by atoms with Crippen molar-refractivity contribution in [1.82, 2.24) is 14.3 Å². The highest BCUT2D eigenvalue weighted by Crippen LogP contribution is 2.23. The summed E-state index contributed by atoms with van der Waals surface area (Å²) in [6.07, 6.45) is 5.29. The standard InChI is InChI=1S/C17H21N3O3S/c1-2-14-5-7-16(8-6-14)24(21,22)20-11-3-4-15(12-20)23-17-9-10-18-13-19-17/h5-10,13,15H,2-4,11-12H2,1H3. The number of hydrogen-bond donors (Lipinski definition) is 0. The van der Waals surface area contributed by atoms with E-state index in [1.807, 2.05) is 19.1 Å². The van der Waals surface area contributed by atoms with E-state index in [0.717, 1.165) is 24.8 Å². The summed E-state index contributed by atoms with van der Waals surface area (Å²) in [5.41, 5.74) is 1.12. The van der Waals surface area contributed by atoms with Crippen LogP contribution in [0.1, 0.15) is 25.3 Å². The van der Waals surface area contributed by atoms with Crippen LogP contribution in [0, 0.1) is 0 Å². The molecule has 7 heteroatoms. The van der Waals surface area contributed by atoms with Crippen LogP contribution in [0.25, 0.3) is 0 Å². The van der Waals surface area contributed by atoms with E-state index in [4.69, 9.17) is 4.74 Å². The van der Waals surface area contributed by atoms with Crippen molar-refractivity contribution in [2.24, 2.45) is 0 Å². The number of aromatic nitrogens is 2. The van der Waals surface area contributed by atoms with Gasteiger partial charge in [0.1, 0.15) is 12.4 Å². The van der Waals surface area contributed by atoms with Crippen LogP contribution in [0.15, 0.2) is 47.8 Å². The molecular formula is C17H21N3O3S. The van der Waals surface area contributed by atoms with Gasteiger partial charge in [-0.2, -0.15) is 4.31 Å². The predicted molar refractivity (Wildman–Crippen MR) is 90.3 cm³/mol. The Kier molecular flexibility index (Phi) is 5.11. The van der Waals surface area contributed by atoms with Crippen molar-refractivity contribution in [2.75, 3.05) is 13.1 Å². The molecule has 2 heterocycles. The molecule has 24 heavy (non-hydrogen) atoms. The van der Waals surface area contributed by atoms with Crippen LogP contribution in [0.5, 0.6) is 5.88 Å². The maximum Gasteiger partial charge on any atom is 0.243 e. The van der Waals surface area contributed by atoms with Crippen molar-refractivity contribution < 1.29 is 13.2 Å². The fourth-order valence-corrected chi connectivity index (χ4v) is 4.29. The summed E-state index contributed by atoms with van der Waals surface area (Å²) in [6.45, 7) is 2.90. The van der Waals surface area contributed by atoms with E-state index in [0.29, 0.717) is 23.9 Å². The third-order valence-electron chi connectivity index (χ3n) is 4.15. The summed E-state index contributed by atoms with van der Waals surface area (Å²) in [4.78, 5) is 8.22. The number of aryl methyl sites for hydroxylation is 1. The first-order valence-corrected chi connectivity index (χ1v) is 9.55. The molecule has 0 spiro atoms. The second kappa shape index (κ2) is 7.27. The second-order valence-corrected chi connectivity index (χ2v) is 7.73. The van der Waals surface area contributed by atoms with Crippen molar-refractivity contribution in [2.45, 2.75) is 37.2 Å². The fourth-order valence-electron chi connectivity index (χ4n) is 2.78. The van der Waals surface area contributed by atoms with E-state index < -0.39 is 10.0 Å². The maximum atomic E-state index is 12.8. The predicted octanol–water partition coefficient (Wildman–Crippen LogP) is 2.27. The number of sulfonamides is 1. The number of benzene rings is 1. The van der Waals surface area contributed by atoms with Crippen LogP contribution in [-0.4, -0.2) is 41.9 Å². The molecule has 1 aromatic heterocycles. The van der Waals surface area contributed by atoms with Gasteiger partial charge in [0.25, 0.3) is 0 Å². The average molecular weight is 347 g/mol. The maximum absolute atomic E-state index is 12.8. The van der Waals surface area contributed by atoms with E-state index in [1.54, 1.807) is 24.4 Å². The Morgan fingerprint density at radius 2 is 2.04 bits per heavy atom. The smallest absolute Gasteiger partial charge is 0.243 e. The van der Waals surface area contributed by atoms with Gasteiger partial charge in [-0.05, 0) is 37.0 Å². The van der Waals surface area contributed by atoms with E-state index >= 15 is 0 Å². The Hall–Kier alpha value is -1.99. The minimum Gasteiger partial charge on any atom is -0.473 e. The zero-order chi connectivity index (χ0) is 17.0. The average Bonchev–Trinajstić information content (AvgIpc) is 2.63. The molecule has 1 atom stereocenters. The normalized spacial score (nSPS) is 19.1. The van der Waals surface area contributed by atoms with Crippen molar-refractivity contribution in [3.05, 3.63) is 48.4 Å². The highest BCUT2D eigenvalue weighted by Gasteiger charge is 2.31. The Bertz CT molecular complexity index is 763. The largest absolute Gasteiger partial charge is 0.473 e. The SMILES string of the molecule is CCc1ccc(S(=O)(=O)N2CCCC(Oc3ccncn3)C2)cc1. The van der Waals surface area contributed by atoms with Gasteiger partial charge in [-0.3, -0.25) is 0 Å². The van der Waals surface area contributed by atoms with Gasteiger partial charge in [0.15, 0.2) is 0 Å². The minimum atomic E-state index is -3.49. The summed E-state index contributed by atoms with van der Waals surface area (Å²) in [5.74, 6) is 0.474. The molecule has 1 aromatic carbocycles. The van der Waals surface area contributed by atoms with Crippen LogP contribution in [0.2, 0.25) is 0 Å². The van der Waals surface area contributed by atoms with Crippen LogP contribution in [0.3, 0.4) is 0 Å². The zero-order valence-electron chi connectivity index (χ0n) is 13.6. The van der Waals surface area contributed by atoms with E-state index in [2.05, 4.69) is 9.97 Å². The molecule has 1 saturated heterocycles. The molecule has 0 aliphatic carbocycles. The molecular weight excluding hydrogens is 326 g/mol. The molecule has 1 unspecified atom stereocenters. The summed E-state index contributed by atoms with van der Waals surface area (Å²) in [6, 6.07) is 8.78. The Morgan fingerprint density at radius 3 is 2.71 bits per heavy atom. The first kappa shape index (κ1) is 16.9. The van der Waals surface area contributed by atoms with E-state index in [-0.39, 0.29) is 6.10 Å². The lowest BCUT2D eigenvalue weighted by Crippen LogP contribution is -2.44. The summed E-state index contributed by atoms with van der Waals surface area (Å²) in [7, 11) is -3.49. The van der Waals surface area contributed by atoms with Crippen LogP contribution < -0.4 is 4.74 Å².